The van der Waals surface area contributed by atoms with Crippen LogP contribution >= 0.6 is 11.6 Å². The molecule has 130 valence electrons. The number of rotatable bonds is 6. The molecule has 0 saturated heterocycles. The fourth-order valence-corrected chi connectivity index (χ4v) is 2.42. The molecule has 0 saturated carbocycles. The molecule has 3 amide bonds. The first-order valence-corrected chi connectivity index (χ1v) is 7.96. The summed E-state index contributed by atoms with van der Waals surface area (Å²) in [6.07, 6.45) is 0.237. The van der Waals surface area contributed by atoms with Gasteiger partial charge in [-0.25, -0.2) is 0 Å². The molecule has 0 heterocycles. The van der Waals surface area contributed by atoms with Crippen molar-refractivity contribution in [1.29, 1.82) is 0 Å². The van der Waals surface area contributed by atoms with Gasteiger partial charge in [0.15, 0.2) is 0 Å². The predicted octanol–water partition coefficient (Wildman–Crippen LogP) is 2.12. The van der Waals surface area contributed by atoms with Crippen LogP contribution in [0, 0.1) is 0 Å². The minimum atomic E-state index is -0.890. The number of primary amides is 1. The largest absolute Gasteiger partial charge is 0.368 e. The monoisotopic (exact) mass is 359 g/mol. The number of hydrogen-bond acceptors (Lipinski definition) is 3. The van der Waals surface area contributed by atoms with Crippen molar-refractivity contribution in [2.24, 2.45) is 5.73 Å². The molecule has 0 fully saturated rings. The van der Waals surface area contributed by atoms with Gasteiger partial charge in [0.2, 0.25) is 11.8 Å². The summed E-state index contributed by atoms with van der Waals surface area (Å²) in [4.78, 5) is 35.5. The van der Waals surface area contributed by atoms with Crippen molar-refractivity contribution in [1.82, 2.24) is 5.32 Å². The van der Waals surface area contributed by atoms with Gasteiger partial charge in [-0.3, -0.25) is 14.4 Å². The number of carbonyl (C=O) groups excluding carboxylic acids is 3. The highest BCUT2D eigenvalue weighted by Crippen LogP contribution is 2.16. The van der Waals surface area contributed by atoms with Gasteiger partial charge in [0.05, 0.1) is 11.3 Å². The molecule has 0 aliphatic carbocycles. The van der Waals surface area contributed by atoms with Gasteiger partial charge < -0.3 is 16.4 Å². The zero-order chi connectivity index (χ0) is 18.4. The Labute approximate surface area is 150 Å². The Morgan fingerprint density at radius 1 is 1.08 bits per heavy atom. The normalized spacial score (nSPS) is 11.4. The van der Waals surface area contributed by atoms with Crippen LogP contribution in [0.2, 0.25) is 5.02 Å². The van der Waals surface area contributed by atoms with Crippen molar-refractivity contribution in [2.75, 3.05) is 5.32 Å². The number of hydrogen-bond donors (Lipinski definition) is 3. The van der Waals surface area contributed by atoms with Crippen LogP contribution in [-0.2, 0) is 16.0 Å². The summed E-state index contributed by atoms with van der Waals surface area (Å²) in [6.45, 7) is 1.35. The molecule has 0 aromatic heterocycles. The van der Waals surface area contributed by atoms with Crippen molar-refractivity contribution in [3.05, 3.63) is 64.7 Å². The van der Waals surface area contributed by atoms with Crippen molar-refractivity contribution in [3.63, 3.8) is 0 Å². The lowest BCUT2D eigenvalue weighted by atomic mass is 10.0. The van der Waals surface area contributed by atoms with Crippen molar-refractivity contribution >= 4 is 35.0 Å². The van der Waals surface area contributed by atoms with E-state index in [1.807, 2.05) is 0 Å². The van der Waals surface area contributed by atoms with Crippen molar-refractivity contribution in [3.8, 4) is 0 Å². The van der Waals surface area contributed by atoms with E-state index >= 15 is 0 Å². The van der Waals surface area contributed by atoms with Crippen LogP contribution in [0.5, 0.6) is 0 Å². The second-order valence-corrected chi connectivity index (χ2v) is 5.92. The van der Waals surface area contributed by atoms with Crippen LogP contribution in [0.25, 0.3) is 0 Å². The molecule has 0 aliphatic rings. The summed E-state index contributed by atoms with van der Waals surface area (Å²) in [6, 6.07) is 12.5. The Hall–Kier alpha value is -2.86. The van der Waals surface area contributed by atoms with E-state index in [0.29, 0.717) is 10.7 Å². The average Bonchev–Trinajstić information content (AvgIpc) is 2.56. The van der Waals surface area contributed by atoms with E-state index in [4.69, 9.17) is 17.3 Å². The number of anilines is 1. The summed E-state index contributed by atoms with van der Waals surface area (Å²) in [5.74, 6) is -1.45. The second kappa shape index (κ2) is 8.30. The van der Waals surface area contributed by atoms with Crippen molar-refractivity contribution in [2.45, 2.75) is 19.4 Å². The molecule has 6 nitrogen and oxygen atoms in total. The molecular formula is C18H18ClN3O3. The van der Waals surface area contributed by atoms with Gasteiger partial charge in [0.1, 0.15) is 6.04 Å². The highest BCUT2D eigenvalue weighted by molar-refractivity contribution is 6.30. The maximum absolute atomic E-state index is 12.5. The summed E-state index contributed by atoms with van der Waals surface area (Å²) in [5, 5.41) is 5.77. The van der Waals surface area contributed by atoms with Crippen LogP contribution in [0.3, 0.4) is 0 Å². The molecule has 0 unspecified atom stereocenters. The molecule has 0 bridgehead atoms. The molecule has 1 atom stereocenters. The van der Waals surface area contributed by atoms with Crippen LogP contribution in [-0.4, -0.2) is 23.8 Å². The lowest BCUT2D eigenvalue weighted by Crippen LogP contribution is -2.46. The number of carbonyl (C=O) groups is 3. The van der Waals surface area contributed by atoms with E-state index in [1.165, 1.54) is 6.92 Å². The molecule has 2 aromatic rings. The fraction of sp³-hybridized carbons (Fsp3) is 0.167. The van der Waals surface area contributed by atoms with Gasteiger partial charge in [0.25, 0.3) is 5.91 Å². The summed E-state index contributed by atoms with van der Waals surface area (Å²) < 4.78 is 0. The van der Waals surface area contributed by atoms with E-state index < -0.39 is 17.9 Å². The summed E-state index contributed by atoms with van der Waals surface area (Å²) >= 11 is 5.84. The van der Waals surface area contributed by atoms with Crippen LogP contribution in [0.4, 0.5) is 5.69 Å². The average molecular weight is 360 g/mol. The maximum atomic E-state index is 12.5. The Bertz CT molecular complexity index is 790. The predicted molar refractivity (Wildman–Crippen MR) is 96.4 cm³/mol. The molecule has 2 aromatic carbocycles. The number of halogens is 1. The summed E-state index contributed by atoms with van der Waals surface area (Å²) in [5.41, 5.74) is 6.83. The Morgan fingerprint density at radius 3 is 2.32 bits per heavy atom. The Morgan fingerprint density at radius 2 is 1.72 bits per heavy atom. The molecule has 0 aliphatic heterocycles. The topological polar surface area (TPSA) is 101 Å². The Kier molecular flexibility index (Phi) is 6.14. The van der Waals surface area contributed by atoms with Gasteiger partial charge in [-0.1, -0.05) is 35.9 Å². The SMILES string of the molecule is CC(=O)Nc1ccccc1C(=O)N[C@H](Cc1ccc(Cl)cc1)C(N)=O. The smallest absolute Gasteiger partial charge is 0.254 e. The third-order valence-corrected chi connectivity index (χ3v) is 3.74. The van der Waals surface area contributed by atoms with Gasteiger partial charge in [-0.2, -0.15) is 0 Å². The van der Waals surface area contributed by atoms with E-state index in [-0.39, 0.29) is 17.9 Å². The number of para-hydroxylation sites is 1. The first-order valence-electron chi connectivity index (χ1n) is 7.58. The van der Waals surface area contributed by atoms with E-state index in [9.17, 15) is 14.4 Å². The molecule has 7 heteroatoms. The zero-order valence-electron chi connectivity index (χ0n) is 13.6. The lowest BCUT2D eigenvalue weighted by Gasteiger charge is -2.17. The first kappa shape index (κ1) is 18.5. The van der Waals surface area contributed by atoms with Gasteiger partial charge in [0, 0.05) is 18.4 Å². The molecule has 0 spiro atoms. The van der Waals surface area contributed by atoms with Gasteiger partial charge >= 0.3 is 0 Å². The number of amides is 3. The first-order chi connectivity index (χ1) is 11.9. The highest BCUT2D eigenvalue weighted by Gasteiger charge is 2.21. The quantitative estimate of drug-likeness (QED) is 0.736. The molecule has 4 N–H and O–H groups in total. The van der Waals surface area contributed by atoms with Crippen molar-refractivity contribution < 1.29 is 14.4 Å². The molecule has 0 radical (unpaired) electrons. The zero-order valence-corrected chi connectivity index (χ0v) is 14.3. The van der Waals surface area contributed by atoms with Gasteiger partial charge in [-0.15, -0.1) is 0 Å². The molecule has 2 rings (SSSR count). The van der Waals surface area contributed by atoms with E-state index in [1.54, 1.807) is 48.5 Å². The summed E-state index contributed by atoms with van der Waals surface area (Å²) in [7, 11) is 0. The number of nitrogens with one attached hydrogen (secondary N) is 2. The second-order valence-electron chi connectivity index (χ2n) is 5.49. The highest BCUT2D eigenvalue weighted by atomic mass is 35.5. The molecular weight excluding hydrogens is 342 g/mol. The molecule has 25 heavy (non-hydrogen) atoms. The number of benzene rings is 2. The van der Waals surface area contributed by atoms with E-state index in [0.717, 1.165) is 5.56 Å². The van der Waals surface area contributed by atoms with Crippen LogP contribution in [0.15, 0.2) is 48.5 Å². The third-order valence-electron chi connectivity index (χ3n) is 3.48. The van der Waals surface area contributed by atoms with Crippen LogP contribution in [0.1, 0.15) is 22.8 Å². The fourth-order valence-electron chi connectivity index (χ4n) is 2.29. The van der Waals surface area contributed by atoms with Gasteiger partial charge in [-0.05, 0) is 29.8 Å². The van der Waals surface area contributed by atoms with Crippen LogP contribution < -0.4 is 16.4 Å². The standard InChI is InChI=1S/C18H18ClN3O3/c1-11(23)21-15-5-3-2-4-14(15)18(25)22-16(17(20)24)10-12-6-8-13(19)9-7-12/h2-9,16H,10H2,1H3,(H2,20,24)(H,21,23)(H,22,25)/t16-/m1/s1. The Balaban J connectivity index is 2.17. The number of nitrogens with two attached hydrogens (primary N) is 1. The minimum absolute atomic E-state index is 0.237. The van der Waals surface area contributed by atoms with E-state index in [2.05, 4.69) is 10.6 Å². The minimum Gasteiger partial charge on any atom is -0.368 e. The maximum Gasteiger partial charge on any atom is 0.254 e. The third kappa shape index (κ3) is 5.32. The lowest BCUT2D eigenvalue weighted by molar-refractivity contribution is -0.119.